The van der Waals surface area contributed by atoms with Gasteiger partial charge in [0.25, 0.3) is 0 Å². The fourth-order valence-electron chi connectivity index (χ4n) is 1.58. The summed E-state index contributed by atoms with van der Waals surface area (Å²) in [5, 5.41) is 9.49. The fraction of sp³-hybridized carbons (Fsp3) is 0.0769. The summed E-state index contributed by atoms with van der Waals surface area (Å²) in [7, 11) is 0. The Morgan fingerprint density at radius 1 is 1.11 bits per heavy atom. The first-order valence-electron chi connectivity index (χ1n) is 5.19. The molecule has 0 fully saturated rings. The maximum absolute atomic E-state index is 13.4. The zero-order chi connectivity index (χ0) is 14.0. The van der Waals surface area contributed by atoms with Crippen LogP contribution < -0.4 is 0 Å². The van der Waals surface area contributed by atoms with Crippen LogP contribution in [0.5, 0.6) is 0 Å². The molecule has 0 saturated carbocycles. The molecule has 0 aliphatic carbocycles. The van der Waals surface area contributed by atoms with Crippen LogP contribution in [0, 0.1) is 17.3 Å². The molecule has 1 aromatic carbocycles. The van der Waals surface area contributed by atoms with Gasteiger partial charge in [-0.2, -0.15) is 9.65 Å². The Morgan fingerprint density at radius 2 is 1.74 bits per heavy atom. The van der Waals surface area contributed by atoms with Crippen molar-refractivity contribution in [2.24, 2.45) is 0 Å². The molecule has 0 aliphatic heterocycles. The zero-order valence-electron chi connectivity index (χ0n) is 9.42. The molecule has 2 aromatic rings. The first-order chi connectivity index (χ1) is 9.02. The van der Waals surface area contributed by atoms with Gasteiger partial charge in [0.05, 0.1) is 27.6 Å². The van der Waals surface area contributed by atoms with E-state index in [1.807, 2.05) is 6.07 Å². The molecule has 2 nitrogen and oxygen atoms in total. The summed E-state index contributed by atoms with van der Waals surface area (Å²) >= 11 is 17.7. The van der Waals surface area contributed by atoms with Gasteiger partial charge in [0.15, 0.2) is 0 Å². The van der Waals surface area contributed by atoms with Crippen molar-refractivity contribution in [2.45, 2.75) is 6.42 Å². The summed E-state index contributed by atoms with van der Waals surface area (Å²) < 4.78 is 13.4. The molecule has 0 aliphatic rings. The highest BCUT2D eigenvalue weighted by atomic mass is 35.5. The Hall–Kier alpha value is -1.34. The van der Waals surface area contributed by atoms with Crippen molar-refractivity contribution >= 4 is 34.8 Å². The SMILES string of the molecule is N#CCc1cc(-c2cc(Cl)c(Cl)c(Cl)c2)cnc1F. The van der Waals surface area contributed by atoms with Crippen LogP contribution in [0.3, 0.4) is 0 Å². The maximum Gasteiger partial charge on any atom is 0.217 e. The van der Waals surface area contributed by atoms with Crippen molar-refractivity contribution in [3.63, 3.8) is 0 Å². The minimum Gasteiger partial charge on any atom is -0.227 e. The van der Waals surface area contributed by atoms with Gasteiger partial charge in [-0.3, -0.25) is 0 Å². The second kappa shape index (κ2) is 5.75. The lowest BCUT2D eigenvalue weighted by molar-refractivity contribution is 0.571. The monoisotopic (exact) mass is 314 g/mol. The van der Waals surface area contributed by atoms with E-state index in [1.54, 1.807) is 18.2 Å². The molecule has 1 aromatic heterocycles. The third-order valence-electron chi connectivity index (χ3n) is 2.50. The number of aromatic nitrogens is 1. The van der Waals surface area contributed by atoms with Crippen LogP contribution in [0.2, 0.25) is 15.1 Å². The summed E-state index contributed by atoms with van der Waals surface area (Å²) in [5.74, 6) is -0.656. The van der Waals surface area contributed by atoms with Gasteiger partial charge in [0, 0.05) is 17.3 Å². The number of benzene rings is 1. The van der Waals surface area contributed by atoms with Crippen LogP contribution in [0.15, 0.2) is 24.4 Å². The summed E-state index contributed by atoms with van der Waals surface area (Å²) in [5.41, 5.74) is 1.50. The van der Waals surface area contributed by atoms with E-state index in [-0.39, 0.29) is 17.0 Å². The predicted octanol–water partition coefficient (Wildman–Crippen LogP) is 4.91. The molecule has 0 radical (unpaired) electrons. The number of pyridine rings is 1. The molecule has 0 N–H and O–H groups in total. The minimum atomic E-state index is -0.656. The van der Waals surface area contributed by atoms with Crippen LogP contribution in [0.1, 0.15) is 5.56 Å². The number of nitrogens with zero attached hydrogens (tertiary/aromatic N) is 2. The number of rotatable bonds is 2. The number of hydrogen-bond acceptors (Lipinski definition) is 2. The van der Waals surface area contributed by atoms with E-state index in [2.05, 4.69) is 4.98 Å². The van der Waals surface area contributed by atoms with Gasteiger partial charge in [-0.25, -0.2) is 4.98 Å². The first-order valence-corrected chi connectivity index (χ1v) is 6.32. The van der Waals surface area contributed by atoms with Crippen LogP contribution in [-0.2, 0) is 6.42 Å². The van der Waals surface area contributed by atoms with Crippen molar-refractivity contribution < 1.29 is 4.39 Å². The normalized spacial score (nSPS) is 10.3. The van der Waals surface area contributed by atoms with E-state index in [9.17, 15) is 4.39 Å². The molecule has 0 spiro atoms. The van der Waals surface area contributed by atoms with Crippen LogP contribution in [-0.4, -0.2) is 4.98 Å². The molecule has 0 atom stereocenters. The summed E-state index contributed by atoms with van der Waals surface area (Å²) in [4.78, 5) is 3.62. The van der Waals surface area contributed by atoms with E-state index < -0.39 is 5.95 Å². The van der Waals surface area contributed by atoms with Gasteiger partial charge in [0.1, 0.15) is 0 Å². The topological polar surface area (TPSA) is 36.7 Å². The molecule has 96 valence electrons. The lowest BCUT2D eigenvalue weighted by atomic mass is 10.0. The molecule has 0 saturated heterocycles. The van der Waals surface area contributed by atoms with E-state index in [0.717, 1.165) is 0 Å². The molecule has 0 bridgehead atoms. The average Bonchev–Trinajstić information content (AvgIpc) is 2.38. The highest BCUT2D eigenvalue weighted by molar-refractivity contribution is 6.48. The van der Waals surface area contributed by atoms with Crippen molar-refractivity contribution in [1.29, 1.82) is 5.26 Å². The first kappa shape index (κ1) is 14.1. The van der Waals surface area contributed by atoms with Crippen LogP contribution >= 0.6 is 34.8 Å². The highest BCUT2D eigenvalue weighted by Crippen LogP contribution is 2.35. The Kier molecular flexibility index (Phi) is 4.26. The Balaban J connectivity index is 2.54. The smallest absolute Gasteiger partial charge is 0.217 e. The summed E-state index contributed by atoms with van der Waals surface area (Å²) in [6.07, 6.45) is 1.30. The number of halogens is 4. The van der Waals surface area contributed by atoms with Crippen LogP contribution in [0.25, 0.3) is 11.1 Å². The van der Waals surface area contributed by atoms with Crippen LogP contribution in [0.4, 0.5) is 4.39 Å². The lowest BCUT2D eigenvalue weighted by Gasteiger charge is -2.07. The summed E-state index contributed by atoms with van der Waals surface area (Å²) in [6, 6.07) is 6.65. The third kappa shape index (κ3) is 2.98. The quantitative estimate of drug-likeness (QED) is 0.583. The molecule has 0 amide bonds. The minimum absolute atomic E-state index is 0.0538. The molecule has 6 heteroatoms. The van der Waals surface area contributed by atoms with Gasteiger partial charge < -0.3 is 0 Å². The third-order valence-corrected chi connectivity index (χ3v) is 3.70. The second-order valence-corrected chi connectivity index (χ2v) is 4.96. The van der Waals surface area contributed by atoms with Gasteiger partial charge >= 0.3 is 0 Å². The Morgan fingerprint density at radius 3 is 2.32 bits per heavy atom. The lowest BCUT2D eigenvalue weighted by Crippen LogP contribution is -1.94. The fourth-order valence-corrected chi connectivity index (χ4v) is 2.18. The molecule has 0 unspecified atom stereocenters. The van der Waals surface area contributed by atoms with Gasteiger partial charge in [-0.05, 0) is 23.8 Å². The molecule has 1 heterocycles. The van der Waals surface area contributed by atoms with Gasteiger partial charge in [-0.1, -0.05) is 34.8 Å². The highest BCUT2D eigenvalue weighted by Gasteiger charge is 2.10. The van der Waals surface area contributed by atoms with E-state index in [0.29, 0.717) is 21.2 Å². The van der Waals surface area contributed by atoms with E-state index in [1.165, 1.54) is 6.20 Å². The van der Waals surface area contributed by atoms with Crippen molar-refractivity contribution in [2.75, 3.05) is 0 Å². The second-order valence-electron chi connectivity index (χ2n) is 3.76. The van der Waals surface area contributed by atoms with Crippen molar-refractivity contribution in [1.82, 2.24) is 4.98 Å². The Labute approximate surface area is 124 Å². The average molecular weight is 316 g/mol. The Bertz CT molecular complexity index is 657. The molecule has 2 rings (SSSR count). The maximum atomic E-state index is 13.4. The zero-order valence-corrected chi connectivity index (χ0v) is 11.7. The van der Waals surface area contributed by atoms with E-state index >= 15 is 0 Å². The predicted molar refractivity (Wildman–Crippen MR) is 74.0 cm³/mol. The summed E-state index contributed by atoms with van der Waals surface area (Å²) in [6.45, 7) is 0. The number of nitriles is 1. The largest absolute Gasteiger partial charge is 0.227 e. The molecule has 19 heavy (non-hydrogen) atoms. The van der Waals surface area contributed by atoms with Gasteiger partial charge in [0.2, 0.25) is 5.95 Å². The van der Waals surface area contributed by atoms with E-state index in [4.69, 9.17) is 40.1 Å². The van der Waals surface area contributed by atoms with Crippen molar-refractivity contribution in [3.05, 3.63) is 51.0 Å². The van der Waals surface area contributed by atoms with Crippen molar-refractivity contribution in [3.8, 4) is 17.2 Å². The van der Waals surface area contributed by atoms with Gasteiger partial charge in [-0.15, -0.1) is 0 Å². The standard InChI is InChI=1S/C13H6Cl3FN2/c14-10-4-8(5-11(15)12(10)16)9-3-7(1-2-18)13(17)19-6-9/h3-6H,1H2. The molecular weight excluding hydrogens is 310 g/mol. The molecular formula is C13H6Cl3FN2. The number of hydrogen-bond donors (Lipinski definition) is 0.